The van der Waals surface area contributed by atoms with Crippen LogP contribution in [0.25, 0.3) is 0 Å². The van der Waals surface area contributed by atoms with E-state index in [1.54, 1.807) is 6.07 Å². The van der Waals surface area contributed by atoms with Gasteiger partial charge in [0.1, 0.15) is 0 Å². The van der Waals surface area contributed by atoms with Crippen LogP contribution in [0.5, 0.6) is 0 Å². The molecule has 0 aliphatic carbocycles. The van der Waals surface area contributed by atoms with Gasteiger partial charge in [0.15, 0.2) is 11.6 Å². The Labute approximate surface area is 130 Å². The second kappa shape index (κ2) is 6.17. The average molecular weight is 301 g/mol. The van der Waals surface area contributed by atoms with Gasteiger partial charge >= 0.3 is 0 Å². The summed E-state index contributed by atoms with van der Waals surface area (Å²) in [4.78, 5) is 2.40. The summed E-state index contributed by atoms with van der Waals surface area (Å²) >= 11 is 0. The first-order valence-electron chi connectivity index (χ1n) is 7.73. The fourth-order valence-corrected chi connectivity index (χ4v) is 3.10. The molecule has 116 valence electrons. The fourth-order valence-electron chi connectivity index (χ4n) is 3.10. The summed E-state index contributed by atoms with van der Waals surface area (Å²) < 4.78 is 26.1. The van der Waals surface area contributed by atoms with E-state index < -0.39 is 11.6 Å². The number of nitrogens with zero attached hydrogens (tertiary/aromatic N) is 1. The third kappa shape index (κ3) is 3.36. The van der Waals surface area contributed by atoms with Gasteiger partial charge in [0.05, 0.1) is 0 Å². The Morgan fingerprint density at radius 2 is 1.64 bits per heavy atom. The predicted octanol–water partition coefficient (Wildman–Crippen LogP) is 4.26. The van der Waals surface area contributed by atoms with Crippen LogP contribution in [-0.2, 0) is 13.0 Å². The molecule has 1 nitrogen and oxygen atoms in total. The smallest absolute Gasteiger partial charge is 0.159 e. The van der Waals surface area contributed by atoms with Gasteiger partial charge in [-0.05, 0) is 60.6 Å². The molecule has 0 unspecified atom stereocenters. The second-order valence-electron chi connectivity index (χ2n) is 6.43. The molecule has 1 heterocycles. The van der Waals surface area contributed by atoms with Gasteiger partial charge in [0.25, 0.3) is 0 Å². The second-order valence-corrected chi connectivity index (χ2v) is 6.43. The summed E-state index contributed by atoms with van der Waals surface area (Å²) in [5, 5.41) is 0. The third-order valence-corrected chi connectivity index (χ3v) is 4.52. The number of hydrogen-bond donors (Lipinski definition) is 0. The highest BCUT2D eigenvalue weighted by Gasteiger charge is 2.26. The van der Waals surface area contributed by atoms with Crippen molar-refractivity contribution in [2.75, 3.05) is 13.1 Å². The lowest BCUT2D eigenvalue weighted by atomic mass is 9.91. The maximum Gasteiger partial charge on any atom is 0.159 e. The number of likely N-dealkylation sites (tertiary alicyclic amines) is 1. The molecule has 0 amide bonds. The minimum atomic E-state index is -0.770. The van der Waals surface area contributed by atoms with Gasteiger partial charge in [0, 0.05) is 19.6 Å². The molecular weight excluding hydrogens is 280 g/mol. The topological polar surface area (TPSA) is 3.24 Å². The average Bonchev–Trinajstić information content (AvgIpc) is 2.44. The van der Waals surface area contributed by atoms with Crippen LogP contribution in [0.2, 0.25) is 0 Å². The summed E-state index contributed by atoms with van der Waals surface area (Å²) in [5.74, 6) is -0.978. The van der Waals surface area contributed by atoms with E-state index in [9.17, 15) is 8.78 Å². The Kier molecular flexibility index (Phi) is 4.25. The lowest BCUT2D eigenvalue weighted by molar-refractivity contribution is 0.0925. The molecule has 0 saturated carbocycles. The van der Waals surface area contributed by atoms with E-state index in [0.29, 0.717) is 5.92 Å². The summed E-state index contributed by atoms with van der Waals surface area (Å²) in [6.07, 6.45) is 0.820. The molecule has 22 heavy (non-hydrogen) atoms. The van der Waals surface area contributed by atoms with Crippen molar-refractivity contribution in [1.29, 1.82) is 0 Å². The van der Waals surface area contributed by atoms with Gasteiger partial charge in [-0.15, -0.1) is 0 Å². The van der Waals surface area contributed by atoms with Crippen molar-refractivity contribution in [3.8, 4) is 0 Å². The van der Waals surface area contributed by atoms with Gasteiger partial charge in [-0.1, -0.05) is 24.3 Å². The third-order valence-electron chi connectivity index (χ3n) is 4.52. The zero-order valence-electron chi connectivity index (χ0n) is 13.1. The maximum atomic E-state index is 13.2. The van der Waals surface area contributed by atoms with Crippen LogP contribution in [-0.4, -0.2) is 18.0 Å². The molecule has 0 spiro atoms. The molecule has 2 aromatic rings. The summed E-state index contributed by atoms with van der Waals surface area (Å²) in [5.41, 5.74) is 4.88. The summed E-state index contributed by atoms with van der Waals surface area (Å²) in [6, 6.07) is 10.8. The number of rotatable bonds is 4. The van der Waals surface area contributed by atoms with Crippen molar-refractivity contribution >= 4 is 0 Å². The summed E-state index contributed by atoms with van der Waals surface area (Å²) in [7, 11) is 0. The normalized spacial score (nSPS) is 15.8. The van der Waals surface area contributed by atoms with Crippen LogP contribution in [0.4, 0.5) is 8.78 Å². The number of halogens is 2. The van der Waals surface area contributed by atoms with Crippen molar-refractivity contribution in [1.82, 2.24) is 4.90 Å². The monoisotopic (exact) mass is 301 g/mol. The van der Waals surface area contributed by atoms with E-state index in [2.05, 4.69) is 36.9 Å². The Balaban J connectivity index is 1.51. The standard InChI is InChI=1S/C19H21F2N/c1-13-3-4-16(7-14(13)2)10-22-11-17(12-22)8-15-5-6-18(20)19(21)9-15/h3-7,9,17H,8,10-12H2,1-2H3. The van der Waals surface area contributed by atoms with Crippen molar-refractivity contribution in [2.45, 2.75) is 26.8 Å². The van der Waals surface area contributed by atoms with Crippen molar-refractivity contribution in [2.24, 2.45) is 5.92 Å². The van der Waals surface area contributed by atoms with Crippen molar-refractivity contribution < 1.29 is 8.78 Å². The molecule has 0 radical (unpaired) electrons. The van der Waals surface area contributed by atoms with E-state index in [4.69, 9.17) is 0 Å². The Bertz CT molecular complexity index is 618. The highest BCUT2D eigenvalue weighted by molar-refractivity contribution is 5.30. The zero-order chi connectivity index (χ0) is 15.7. The lowest BCUT2D eigenvalue weighted by Crippen LogP contribution is -2.46. The molecule has 3 rings (SSSR count). The molecule has 0 aromatic heterocycles. The molecule has 3 heteroatoms. The van der Waals surface area contributed by atoms with Gasteiger partial charge in [-0.2, -0.15) is 0 Å². The molecule has 1 aliphatic heterocycles. The number of benzene rings is 2. The Morgan fingerprint density at radius 3 is 2.32 bits per heavy atom. The molecule has 1 aliphatic rings. The van der Waals surface area contributed by atoms with Crippen LogP contribution in [0.15, 0.2) is 36.4 Å². The maximum absolute atomic E-state index is 13.2. The Hall–Kier alpha value is -1.74. The van der Waals surface area contributed by atoms with E-state index in [1.165, 1.54) is 28.8 Å². The first kappa shape index (κ1) is 15.2. The zero-order valence-corrected chi connectivity index (χ0v) is 13.1. The van der Waals surface area contributed by atoms with Crippen molar-refractivity contribution in [3.63, 3.8) is 0 Å². The molecular formula is C19H21F2N. The molecule has 0 atom stereocenters. The first-order valence-corrected chi connectivity index (χ1v) is 7.73. The van der Waals surface area contributed by atoms with Gasteiger partial charge < -0.3 is 0 Å². The van der Waals surface area contributed by atoms with Crippen LogP contribution < -0.4 is 0 Å². The molecule has 0 N–H and O–H groups in total. The highest BCUT2D eigenvalue weighted by atomic mass is 19.2. The molecule has 0 bridgehead atoms. The van der Waals surface area contributed by atoms with Crippen LogP contribution in [0.3, 0.4) is 0 Å². The van der Waals surface area contributed by atoms with Gasteiger partial charge in [-0.3, -0.25) is 4.90 Å². The minimum absolute atomic E-state index is 0.538. The largest absolute Gasteiger partial charge is 0.298 e. The molecule has 2 aromatic carbocycles. The molecule has 1 fully saturated rings. The first-order chi connectivity index (χ1) is 10.5. The van der Waals surface area contributed by atoms with E-state index >= 15 is 0 Å². The van der Waals surface area contributed by atoms with E-state index in [-0.39, 0.29) is 0 Å². The lowest BCUT2D eigenvalue weighted by Gasteiger charge is -2.39. The molecule has 1 saturated heterocycles. The predicted molar refractivity (Wildman–Crippen MR) is 84.7 cm³/mol. The van der Waals surface area contributed by atoms with Gasteiger partial charge in [-0.25, -0.2) is 8.78 Å². The summed E-state index contributed by atoms with van der Waals surface area (Å²) in [6.45, 7) is 7.27. The van der Waals surface area contributed by atoms with E-state index in [1.807, 2.05) is 0 Å². The van der Waals surface area contributed by atoms with E-state index in [0.717, 1.165) is 31.6 Å². The van der Waals surface area contributed by atoms with Crippen molar-refractivity contribution in [3.05, 3.63) is 70.3 Å². The minimum Gasteiger partial charge on any atom is -0.298 e. The van der Waals surface area contributed by atoms with Crippen LogP contribution >= 0.6 is 0 Å². The van der Waals surface area contributed by atoms with Crippen LogP contribution in [0, 0.1) is 31.4 Å². The quantitative estimate of drug-likeness (QED) is 0.816. The van der Waals surface area contributed by atoms with Gasteiger partial charge in [0.2, 0.25) is 0 Å². The van der Waals surface area contributed by atoms with Crippen LogP contribution in [0.1, 0.15) is 22.3 Å². The highest BCUT2D eigenvalue weighted by Crippen LogP contribution is 2.24. The Morgan fingerprint density at radius 1 is 0.909 bits per heavy atom. The number of aryl methyl sites for hydroxylation is 2. The fraction of sp³-hybridized carbons (Fsp3) is 0.368. The number of hydrogen-bond acceptors (Lipinski definition) is 1. The SMILES string of the molecule is Cc1ccc(CN2CC(Cc3ccc(F)c(F)c3)C2)cc1C.